The molecule has 2 rings (SSSR count). The molecule has 0 N–H and O–H groups in total. The van der Waals surface area contributed by atoms with Gasteiger partial charge in [-0.2, -0.15) is 13.2 Å². The van der Waals surface area contributed by atoms with Gasteiger partial charge in [-0.1, -0.05) is 29.3 Å². The third kappa shape index (κ3) is 2.92. The molecule has 0 atom stereocenters. The minimum atomic E-state index is -4.42. The molecule has 0 bridgehead atoms. The van der Waals surface area contributed by atoms with Crippen LogP contribution in [-0.2, 0) is 6.18 Å². The van der Waals surface area contributed by atoms with E-state index in [1.807, 2.05) is 6.92 Å². The quantitative estimate of drug-likeness (QED) is 0.653. The molecule has 0 aromatic heterocycles. The first-order chi connectivity index (χ1) is 8.79. The lowest BCUT2D eigenvalue weighted by Gasteiger charge is -2.15. The largest absolute Gasteiger partial charge is 0.417 e. The van der Waals surface area contributed by atoms with Crippen molar-refractivity contribution in [2.45, 2.75) is 20.0 Å². The summed E-state index contributed by atoms with van der Waals surface area (Å²) in [4.78, 5) is 0. The summed E-state index contributed by atoms with van der Waals surface area (Å²) < 4.78 is 39.1. The van der Waals surface area contributed by atoms with E-state index in [2.05, 4.69) is 6.07 Å². The zero-order chi connectivity index (χ0) is 14.2. The molecule has 2 aromatic carbocycles. The molecule has 0 saturated heterocycles. The normalized spacial score (nSPS) is 11.7. The predicted molar refractivity (Wildman–Crippen MR) is 70.2 cm³/mol. The first kappa shape index (κ1) is 13.9. The lowest BCUT2D eigenvalue weighted by molar-refractivity contribution is -0.137. The van der Waals surface area contributed by atoms with Crippen LogP contribution >= 0.6 is 11.6 Å². The van der Waals surface area contributed by atoms with Crippen molar-refractivity contribution >= 4 is 11.6 Å². The van der Waals surface area contributed by atoms with E-state index in [0.717, 1.165) is 11.6 Å². The molecular formula is C15H11ClF3. The van der Waals surface area contributed by atoms with Crippen LogP contribution in [0.5, 0.6) is 0 Å². The highest BCUT2D eigenvalue weighted by Gasteiger charge is 2.34. The second kappa shape index (κ2) is 4.89. The van der Waals surface area contributed by atoms with Gasteiger partial charge in [0, 0.05) is 10.6 Å². The molecule has 0 fully saturated rings. The van der Waals surface area contributed by atoms with E-state index in [1.165, 1.54) is 6.07 Å². The highest BCUT2D eigenvalue weighted by atomic mass is 35.5. The smallest absolute Gasteiger partial charge is 0.166 e. The van der Waals surface area contributed by atoms with Crippen LogP contribution in [0, 0.1) is 19.9 Å². The molecule has 0 unspecified atom stereocenters. The maximum absolute atomic E-state index is 13.0. The van der Waals surface area contributed by atoms with Crippen molar-refractivity contribution < 1.29 is 13.2 Å². The van der Waals surface area contributed by atoms with E-state index in [9.17, 15) is 13.2 Å². The predicted octanol–water partition coefficient (Wildman–Crippen LogP) is 5.44. The van der Waals surface area contributed by atoms with E-state index in [-0.39, 0.29) is 5.56 Å². The summed E-state index contributed by atoms with van der Waals surface area (Å²) in [5.41, 5.74) is 1.27. The van der Waals surface area contributed by atoms with Gasteiger partial charge in [0.05, 0.1) is 5.56 Å². The van der Waals surface area contributed by atoms with E-state index < -0.39 is 11.7 Å². The maximum atomic E-state index is 13.0. The van der Waals surface area contributed by atoms with Crippen molar-refractivity contribution in [3.05, 3.63) is 58.1 Å². The molecule has 1 radical (unpaired) electrons. The number of benzene rings is 2. The Hall–Kier alpha value is -1.48. The zero-order valence-electron chi connectivity index (χ0n) is 10.4. The van der Waals surface area contributed by atoms with Gasteiger partial charge < -0.3 is 0 Å². The molecule has 99 valence electrons. The van der Waals surface area contributed by atoms with Crippen LogP contribution in [-0.4, -0.2) is 0 Å². The van der Waals surface area contributed by atoms with Crippen molar-refractivity contribution in [1.82, 2.24) is 0 Å². The minimum absolute atomic E-state index is 0.0949. The number of hydrogen-bond donors (Lipinski definition) is 0. The van der Waals surface area contributed by atoms with Crippen LogP contribution in [0.1, 0.15) is 16.7 Å². The molecule has 0 heterocycles. The van der Waals surface area contributed by atoms with Gasteiger partial charge in [-0.3, -0.25) is 0 Å². The zero-order valence-corrected chi connectivity index (χ0v) is 11.2. The summed E-state index contributed by atoms with van der Waals surface area (Å²) in [5, 5.41) is 0.307. The second-order valence-electron chi connectivity index (χ2n) is 4.42. The lowest BCUT2D eigenvalue weighted by Crippen LogP contribution is -2.07. The Kier molecular flexibility index (Phi) is 3.59. The standard InChI is InChI=1S/C15H11ClF3/c1-9-3-5-13(15(17,18)19)11(7-9)12-8-10(2)4-6-14(12)16/h4-8H,1-2H3. The molecular weight excluding hydrogens is 273 g/mol. The molecule has 0 aliphatic heterocycles. The summed E-state index contributed by atoms with van der Waals surface area (Å²) in [6, 6.07) is 10.1. The van der Waals surface area contributed by atoms with Crippen molar-refractivity contribution in [2.24, 2.45) is 0 Å². The lowest BCUT2D eigenvalue weighted by atomic mass is 9.96. The van der Waals surface area contributed by atoms with Crippen LogP contribution < -0.4 is 0 Å². The Balaban J connectivity index is 2.73. The molecule has 19 heavy (non-hydrogen) atoms. The Morgan fingerprint density at radius 1 is 1.05 bits per heavy atom. The fourth-order valence-corrected chi connectivity index (χ4v) is 2.12. The fraction of sp³-hybridized carbons (Fsp3) is 0.200. The molecule has 0 nitrogen and oxygen atoms in total. The molecule has 0 aliphatic carbocycles. The molecule has 2 aromatic rings. The average Bonchev–Trinajstić information content (AvgIpc) is 2.30. The molecule has 0 saturated carbocycles. The van der Waals surface area contributed by atoms with Crippen LogP contribution in [0.3, 0.4) is 0 Å². The number of hydrogen-bond acceptors (Lipinski definition) is 0. The van der Waals surface area contributed by atoms with Crippen LogP contribution in [0.4, 0.5) is 13.2 Å². The van der Waals surface area contributed by atoms with E-state index >= 15 is 0 Å². The Morgan fingerprint density at radius 3 is 2.37 bits per heavy atom. The monoisotopic (exact) mass is 283 g/mol. The van der Waals surface area contributed by atoms with Crippen molar-refractivity contribution in [1.29, 1.82) is 0 Å². The van der Waals surface area contributed by atoms with Gasteiger partial charge in [0.1, 0.15) is 0 Å². The van der Waals surface area contributed by atoms with Crippen LogP contribution in [0.25, 0.3) is 11.1 Å². The Morgan fingerprint density at radius 2 is 1.74 bits per heavy atom. The number of alkyl halides is 3. The fourth-order valence-electron chi connectivity index (χ4n) is 1.90. The molecule has 0 amide bonds. The minimum Gasteiger partial charge on any atom is -0.166 e. The Bertz CT molecular complexity index is 615. The highest BCUT2D eigenvalue weighted by Crippen LogP contribution is 2.40. The molecule has 0 aliphatic rings. The molecule has 4 heteroatoms. The van der Waals surface area contributed by atoms with Crippen LogP contribution in [0.2, 0.25) is 5.02 Å². The van der Waals surface area contributed by atoms with Gasteiger partial charge in [0.2, 0.25) is 0 Å². The summed E-state index contributed by atoms with van der Waals surface area (Å²) in [6.45, 7) is 3.52. The first-order valence-electron chi connectivity index (χ1n) is 5.65. The second-order valence-corrected chi connectivity index (χ2v) is 4.83. The van der Waals surface area contributed by atoms with Gasteiger partial charge in [-0.25, -0.2) is 0 Å². The van der Waals surface area contributed by atoms with Gasteiger partial charge in [0.15, 0.2) is 0 Å². The van der Waals surface area contributed by atoms with Gasteiger partial charge >= 0.3 is 6.18 Å². The summed E-state index contributed by atoms with van der Waals surface area (Å²) in [6.07, 6.45) is -4.42. The van der Waals surface area contributed by atoms with E-state index in [4.69, 9.17) is 11.6 Å². The van der Waals surface area contributed by atoms with Crippen LogP contribution in [0.15, 0.2) is 30.3 Å². The van der Waals surface area contributed by atoms with E-state index in [1.54, 1.807) is 25.1 Å². The molecule has 0 spiro atoms. The van der Waals surface area contributed by atoms with Crippen molar-refractivity contribution in [2.75, 3.05) is 0 Å². The summed E-state index contributed by atoms with van der Waals surface area (Å²) in [7, 11) is 0. The topological polar surface area (TPSA) is 0 Å². The third-order valence-corrected chi connectivity index (χ3v) is 3.14. The average molecular weight is 284 g/mol. The third-order valence-electron chi connectivity index (χ3n) is 2.81. The highest BCUT2D eigenvalue weighted by molar-refractivity contribution is 6.33. The van der Waals surface area contributed by atoms with Crippen molar-refractivity contribution in [3.63, 3.8) is 0 Å². The summed E-state index contributed by atoms with van der Waals surface area (Å²) >= 11 is 6.03. The van der Waals surface area contributed by atoms with Gasteiger partial charge in [-0.15, -0.1) is 0 Å². The van der Waals surface area contributed by atoms with E-state index in [0.29, 0.717) is 16.1 Å². The Labute approximate surface area is 114 Å². The van der Waals surface area contributed by atoms with Crippen molar-refractivity contribution in [3.8, 4) is 11.1 Å². The number of rotatable bonds is 1. The maximum Gasteiger partial charge on any atom is 0.417 e. The summed E-state index contributed by atoms with van der Waals surface area (Å²) in [5.74, 6) is 0. The first-order valence-corrected chi connectivity index (χ1v) is 6.03. The SMILES string of the molecule is Cc1[c]cc(C(F)(F)F)c(-c2cc(C)ccc2Cl)c1. The van der Waals surface area contributed by atoms with Gasteiger partial charge in [0.25, 0.3) is 0 Å². The van der Waals surface area contributed by atoms with Gasteiger partial charge in [-0.05, 0) is 49.2 Å². The number of aryl methyl sites for hydroxylation is 2. The number of halogens is 4.